The fraction of sp³-hybridized carbons (Fsp3) is 0.750. The van der Waals surface area contributed by atoms with Crippen LogP contribution in [0.15, 0.2) is 6.20 Å². The molecule has 0 bridgehead atoms. The second-order valence-corrected chi connectivity index (χ2v) is 4.86. The van der Waals surface area contributed by atoms with E-state index in [1.807, 2.05) is 25.2 Å². The van der Waals surface area contributed by atoms with E-state index in [0.29, 0.717) is 5.92 Å². The molecule has 0 aliphatic carbocycles. The summed E-state index contributed by atoms with van der Waals surface area (Å²) in [6.45, 7) is 3.72. The van der Waals surface area contributed by atoms with Crippen molar-refractivity contribution in [1.82, 2.24) is 14.9 Å². The van der Waals surface area contributed by atoms with E-state index in [4.69, 9.17) is 4.74 Å². The van der Waals surface area contributed by atoms with Crippen molar-refractivity contribution in [1.29, 1.82) is 0 Å². The predicted molar refractivity (Wildman–Crippen MR) is 68.2 cm³/mol. The quantitative estimate of drug-likeness (QED) is 0.816. The molecule has 96 valence electrons. The Bertz CT molecular complexity index is 355. The highest BCUT2D eigenvalue weighted by Gasteiger charge is 2.15. The van der Waals surface area contributed by atoms with Gasteiger partial charge in [0.05, 0.1) is 18.5 Å². The van der Waals surface area contributed by atoms with E-state index in [9.17, 15) is 0 Å². The molecule has 2 rings (SSSR count). The number of hydrogen-bond acceptors (Lipinski definition) is 4. The monoisotopic (exact) mass is 238 g/mol. The van der Waals surface area contributed by atoms with Crippen LogP contribution in [0.5, 0.6) is 0 Å². The minimum atomic E-state index is 0.677. The minimum absolute atomic E-state index is 0.677. The molecular weight excluding hydrogens is 216 g/mol. The standard InChI is InChI=1S/C12H22N4O/c1-15(2)12-14-8-11(16(12)3)7-13-6-10-4-5-17-9-10/h8,10,13H,4-7,9H2,1-3H3. The first-order valence-corrected chi connectivity index (χ1v) is 6.15. The number of nitrogens with zero attached hydrogens (tertiary/aromatic N) is 3. The van der Waals surface area contributed by atoms with Crippen LogP contribution in [0.1, 0.15) is 12.1 Å². The molecule has 1 aromatic rings. The molecule has 0 radical (unpaired) electrons. The van der Waals surface area contributed by atoms with Crippen LogP contribution in [-0.4, -0.2) is 43.4 Å². The SMILES string of the molecule is CN(C)c1ncc(CNCC2CCOC2)n1C. The number of rotatable bonds is 5. The molecule has 1 aromatic heterocycles. The zero-order valence-corrected chi connectivity index (χ0v) is 10.9. The van der Waals surface area contributed by atoms with Crippen LogP contribution in [-0.2, 0) is 18.3 Å². The average Bonchev–Trinajstić information content (AvgIpc) is 2.89. The number of ether oxygens (including phenoxy) is 1. The molecule has 1 fully saturated rings. The topological polar surface area (TPSA) is 42.3 Å². The van der Waals surface area contributed by atoms with E-state index in [-0.39, 0.29) is 0 Å². The maximum absolute atomic E-state index is 5.35. The van der Waals surface area contributed by atoms with E-state index in [2.05, 4.69) is 21.9 Å². The molecule has 1 unspecified atom stereocenters. The molecule has 0 aromatic carbocycles. The highest BCUT2D eigenvalue weighted by Crippen LogP contribution is 2.12. The van der Waals surface area contributed by atoms with Crippen LogP contribution in [0.4, 0.5) is 5.95 Å². The van der Waals surface area contributed by atoms with E-state index in [1.54, 1.807) is 0 Å². The van der Waals surface area contributed by atoms with Crippen molar-refractivity contribution < 1.29 is 4.74 Å². The molecule has 5 nitrogen and oxygen atoms in total. The van der Waals surface area contributed by atoms with Gasteiger partial charge in [0.1, 0.15) is 0 Å². The summed E-state index contributed by atoms with van der Waals surface area (Å²) in [7, 11) is 6.07. The van der Waals surface area contributed by atoms with E-state index in [1.165, 1.54) is 12.1 Å². The van der Waals surface area contributed by atoms with Gasteiger partial charge in [-0.3, -0.25) is 0 Å². The zero-order chi connectivity index (χ0) is 12.3. The summed E-state index contributed by atoms with van der Waals surface area (Å²) in [6, 6.07) is 0. The summed E-state index contributed by atoms with van der Waals surface area (Å²) in [5.41, 5.74) is 1.22. The van der Waals surface area contributed by atoms with E-state index < -0.39 is 0 Å². The van der Waals surface area contributed by atoms with Crippen LogP contribution < -0.4 is 10.2 Å². The van der Waals surface area contributed by atoms with Crippen molar-refractivity contribution in [2.45, 2.75) is 13.0 Å². The van der Waals surface area contributed by atoms with Crippen molar-refractivity contribution in [2.75, 3.05) is 38.8 Å². The summed E-state index contributed by atoms with van der Waals surface area (Å²) in [4.78, 5) is 6.41. The third-order valence-electron chi connectivity index (χ3n) is 3.22. The van der Waals surface area contributed by atoms with Crippen molar-refractivity contribution in [2.24, 2.45) is 13.0 Å². The van der Waals surface area contributed by atoms with Crippen LogP contribution >= 0.6 is 0 Å². The normalized spacial score (nSPS) is 19.8. The van der Waals surface area contributed by atoms with E-state index >= 15 is 0 Å². The highest BCUT2D eigenvalue weighted by atomic mass is 16.5. The molecule has 1 aliphatic heterocycles. The first kappa shape index (κ1) is 12.4. The first-order chi connectivity index (χ1) is 8.18. The number of anilines is 1. The fourth-order valence-corrected chi connectivity index (χ4v) is 2.16. The molecule has 1 atom stereocenters. The van der Waals surface area contributed by atoms with Gasteiger partial charge in [-0.2, -0.15) is 0 Å². The Morgan fingerprint density at radius 3 is 3.00 bits per heavy atom. The minimum Gasteiger partial charge on any atom is -0.381 e. The number of nitrogens with one attached hydrogen (secondary N) is 1. The molecule has 1 saturated heterocycles. The lowest BCUT2D eigenvalue weighted by Gasteiger charge is -2.13. The largest absolute Gasteiger partial charge is 0.381 e. The molecular formula is C12H22N4O. The second kappa shape index (κ2) is 5.51. The lowest BCUT2D eigenvalue weighted by atomic mass is 10.1. The molecule has 1 N–H and O–H groups in total. The van der Waals surface area contributed by atoms with Crippen LogP contribution in [0.2, 0.25) is 0 Å². The summed E-state index contributed by atoms with van der Waals surface area (Å²) in [5.74, 6) is 1.67. The van der Waals surface area contributed by atoms with E-state index in [0.717, 1.165) is 32.3 Å². The summed E-state index contributed by atoms with van der Waals surface area (Å²) in [6.07, 6.45) is 3.12. The highest BCUT2D eigenvalue weighted by molar-refractivity contribution is 5.30. The van der Waals surface area contributed by atoms with Crippen molar-refractivity contribution in [3.8, 4) is 0 Å². The maximum Gasteiger partial charge on any atom is 0.204 e. The smallest absolute Gasteiger partial charge is 0.204 e. The van der Waals surface area contributed by atoms with Crippen LogP contribution in [0.25, 0.3) is 0 Å². The number of aromatic nitrogens is 2. The molecule has 1 aliphatic rings. The van der Waals surface area contributed by atoms with Gasteiger partial charge >= 0.3 is 0 Å². The summed E-state index contributed by atoms with van der Waals surface area (Å²) in [5, 5.41) is 3.48. The predicted octanol–water partition coefficient (Wildman–Crippen LogP) is 0.612. The molecule has 5 heteroatoms. The van der Waals surface area contributed by atoms with Gasteiger partial charge in [0.2, 0.25) is 5.95 Å². The summed E-state index contributed by atoms with van der Waals surface area (Å²) >= 11 is 0. The number of imidazole rings is 1. The third-order valence-corrected chi connectivity index (χ3v) is 3.22. The fourth-order valence-electron chi connectivity index (χ4n) is 2.16. The average molecular weight is 238 g/mol. The molecule has 17 heavy (non-hydrogen) atoms. The zero-order valence-electron chi connectivity index (χ0n) is 10.9. The van der Waals surface area contributed by atoms with Crippen molar-refractivity contribution in [3.05, 3.63) is 11.9 Å². The van der Waals surface area contributed by atoms with Crippen molar-refractivity contribution >= 4 is 5.95 Å². The van der Waals surface area contributed by atoms with Crippen LogP contribution in [0, 0.1) is 5.92 Å². The van der Waals surface area contributed by atoms with Gasteiger partial charge in [0.25, 0.3) is 0 Å². The summed E-state index contributed by atoms with van der Waals surface area (Å²) < 4.78 is 7.48. The Kier molecular flexibility index (Phi) is 4.02. The van der Waals surface area contributed by atoms with Crippen molar-refractivity contribution in [3.63, 3.8) is 0 Å². The second-order valence-electron chi connectivity index (χ2n) is 4.86. The first-order valence-electron chi connectivity index (χ1n) is 6.15. The Morgan fingerprint density at radius 2 is 2.41 bits per heavy atom. The molecule has 0 spiro atoms. The van der Waals surface area contributed by atoms with Gasteiger partial charge in [-0.05, 0) is 12.3 Å². The Labute approximate surface area is 103 Å². The molecule has 0 amide bonds. The van der Waals surface area contributed by atoms with Gasteiger partial charge in [0, 0.05) is 40.8 Å². The third kappa shape index (κ3) is 2.98. The van der Waals surface area contributed by atoms with Gasteiger partial charge in [-0.15, -0.1) is 0 Å². The van der Waals surface area contributed by atoms with Gasteiger partial charge in [-0.25, -0.2) is 4.98 Å². The maximum atomic E-state index is 5.35. The lowest BCUT2D eigenvalue weighted by molar-refractivity contribution is 0.185. The number of hydrogen-bond donors (Lipinski definition) is 1. The van der Waals surface area contributed by atoms with Crippen LogP contribution in [0.3, 0.4) is 0 Å². The Hall–Kier alpha value is -1.07. The van der Waals surface area contributed by atoms with Gasteiger partial charge in [-0.1, -0.05) is 0 Å². The Balaban J connectivity index is 1.82. The van der Waals surface area contributed by atoms with Gasteiger partial charge in [0.15, 0.2) is 0 Å². The van der Waals surface area contributed by atoms with Gasteiger partial charge < -0.3 is 19.5 Å². The Morgan fingerprint density at radius 1 is 1.59 bits per heavy atom. The molecule has 0 saturated carbocycles. The lowest BCUT2D eigenvalue weighted by Crippen LogP contribution is -2.24. The molecule has 2 heterocycles.